The summed E-state index contributed by atoms with van der Waals surface area (Å²) in [6.45, 7) is 3.08. The van der Waals surface area contributed by atoms with Crippen LogP contribution < -0.4 is 10.1 Å². The lowest BCUT2D eigenvalue weighted by Crippen LogP contribution is -2.31. The number of nitrogens with one attached hydrogen (secondary N) is 1. The molecule has 20 heavy (non-hydrogen) atoms. The monoisotopic (exact) mass is 294 g/mol. The molecule has 0 aliphatic carbocycles. The zero-order chi connectivity index (χ0) is 15.3. The Morgan fingerprint density at radius 3 is 2.70 bits per heavy atom. The number of halogens is 3. The molecule has 0 fully saturated rings. The molecule has 0 radical (unpaired) electrons. The molecule has 7 nitrogen and oxygen atoms in total. The van der Waals surface area contributed by atoms with Gasteiger partial charge in [-0.05, 0) is 13.3 Å². The van der Waals surface area contributed by atoms with Gasteiger partial charge in [-0.25, -0.2) is 4.98 Å². The number of nitrogens with zero attached hydrogens (tertiary/aromatic N) is 3. The molecule has 1 unspecified atom stereocenters. The molecule has 1 rings (SSSR count). The third-order valence-electron chi connectivity index (χ3n) is 2.21. The Labute approximate surface area is 112 Å². The van der Waals surface area contributed by atoms with Gasteiger partial charge in [0.05, 0.1) is 4.92 Å². The zero-order valence-corrected chi connectivity index (χ0v) is 10.8. The van der Waals surface area contributed by atoms with Crippen LogP contribution in [0.1, 0.15) is 20.3 Å². The Morgan fingerprint density at radius 2 is 2.20 bits per heavy atom. The standard InChI is InChI=1S/C10H13F3N4O3/c1-3-4-14-9-15-5-7(17(18)19)8(16-9)20-6(2)10(11,12)13/h5-6H,3-4H2,1-2H3,(H,14,15,16). The van der Waals surface area contributed by atoms with E-state index in [-0.39, 0.29) is 5.95 Å². The van der Waals surface area contributed by atoms with E-state index in [2.05, 4.69) is 20.0 Å². The van der Waals surface area contributed by atoms with Crippen LogP contribution in [0.4, 0.5) is 24.8 Å². The predicted molar refractivity (Wildman–Crippen MR) is 63.6 cm³/mol. The van der Waals surface area contributed by atoms with Gasteiger partial charge in [-0.3, -0.25) is 10.1 Å². The summed E-state index contributed by atoms with van der Waals surface area (Å²) in [6.07, 6.45) is -5.32. The number of alkyl halides is 3. The van der Waals surface area contributed by atoms with E-state index in [1.807, 2.05) is 6.92 Å². The maximum atomic E-state index is 12.4. The van der Waals surface area contributed by atoms with Gasteiger partial charge in [-0.1, -0.05) is 6.92 Å². The SMILES string of the molecule is CCCNc1ncc([N+](=O)[O-])c(OC(C)C(F)(F)F)n1. The van der Waals surface area contributed by atoms with Crippen LogP contribution in [0.3, 0.4) is 0 Å². The summed E-state index contributed by atoms with van der Waals surface area (Å²) in [6, 6.07) is 0. The highest BCUT2D eigenvalue weighted by Crippen LogP contribution is 2.29. The second-order valence-corrected chi connectivity index (χ2v) is 3.87. The normalized spacial score (nSPS) is 12.8. The largest absolute Gasteiger partial charge is 0.460 e. The molecule has 0 amide bonds. The van der Waals surface area contributed by atoms with Gasteiger partial charge in [-0.2, -0.15) is 18.2 Å². The van der Waals surface area contributed by atoms with E-state index in [1.54, 1.807) is 0 Å². The summed E-state index contributed by atoms with van der Waals surface area (Å²) in [5, 5.41) is 13.4. The Hall–Kier alpha value is -2.13. The Morgan fingerprint density at radius 1 is 1.55 bits per heavy atom. The van der Waals surface area contributed by atoms with E-state index >= 15 is 0 Å². The highest BCUT2D eigenvalue weighted by molar-refractivity contribution is 5.43. The minimum atomic E-state index is -4.64. The molecule has 1 atom stereocenters. The van der Waals surface area contributed by atoms with Crippen LogP contribution in [0, 0.1) is 10.1 Å². The molecule has 112 valence electrons. The predicted octanol–water partition coefficient (Wildman–Crippen LogP) is 2.54. The molecule has 0 saturated heterocycles. The number of nitro groups is 1. The molecular weight excluding hydrogens is 281 g/mol. The molecule has 0 aliphatic rings. The lowest BCUT2D eigenvalue weighted by atomic mass is 10.4. The maximum Gasteiger partial charge on any atom is 0.425 e. The third kappa shape index (κ3) is 4.21. The number of ether oxygens (including phenoxy) is 1. The van der Waals surface area contributed by atoms with Crippen LogP contribution >= 0.6 is 0 Å². The van der Waals surface area contributed by atoms with Crippen LogP contribution in [0.25, 0.3) is 0 Å². The highest BCUT2D eigenvalue weighted by Gasteiger charge is 2.39. The first-order chi connectivity index (χ1) is 9.25. The first kappa shape index (κ1) is 15.9. The van der Waals surface area contributed by atoms with E-state index < -0.39 is 28.8 Å². The fraction of sp³-hybridized carbons (Fsp3) is 0.600. The number of hydrogen-bond donors (Lipinski definition) is 1. The van der Waals surface area contributed by atoms with Gasteiger partial charge < -0.3 is 10.1 Å². The van der Waals surface area contributed by atoms with Crippen molar-refractivity contribution in [2.75, 3.05) is 11.9 Å². The van der Waals surface area contributed by atoms with Crippen LogP contribution in [0.15, 0.2) is 6.20 Å². The summed E-state index contributed by atoms with van der Waals surface area (Å²) in [5.74, 6) is -0.741. The summed E-state index contributed by atoms with van der Waals surface area (Å²) in [5.41, 5.74) is -0.719. The van der Waals surface area contributed by atoms with Crippen molar-refractivity contribution in [3.63, 3.8) is 0 Å². The summed E-state index contributed by atoms with van der Waals surface area (Å²) in [7, 11) is 0. The van der Waals surface area contributed by atoms with E-state index in [1.165, 1.54) is 0 Å². The minimum absolute atomic E-state index is 0.0261. The van der Waals surface area contributed by atoms with E-state index in [9.17, 15) is 23.3 Å². The quantitative estimate of drug-likeness (QED) is 0.640. The van der Waals surface area contributed by atoms with Crippen LogP contribution in [-0.4, -0.2) is 33.7 Å². The average Bonchev–Trinajstić information content (AvgIpc) is 2.35. The fourth-order valence-corrected chi connectivity index (χ4v) is 1.13. The van der Waals surface area contributed by atoms with Gasteiger partial charge in [0.2, 0.25) is 5.95 Å². The van der Waals surface area contributed by atoms with Crippen LogP contribution in [0.2, 0.25) is 0 Å². The lowest BCUT2D eigenvalue weighted by molar-refractivity contribution is -0.387. The average molecular weight is 294 g/mol. The Kier molecular flexibility index (Phi) is 5.06. The summed E-state index contributed by atoms with van der Waals surface area (Å²) < 4.78 is 41.8. The molecule has 0 saturated carbocycles. The van der Waals surface area contributed by atoms with Gasteiger partial charge in [0, 0.05) is 6.54 Å². The first-order valence-electron chi connectivity index (χ1n) is 5.74. The van der Waals surface area contributed by atoms with E-state index in [0.29, 0.717) is 6.54 Å². The molecule has 1 aromatic heterocycles. The topological polar surface area (TPSA) is 90.2 Å². The number of anilines is 1. The lowest BCUT2D eigenvalue weighted by Gasteiger charge is -2.16. The first-order valence-corrected chi connectivity index (χ1v) is 5.74. The van der Waals surface area contributed by atoms with Crippen molar-refractivity contribution in [3.8, 4) is 5.88 Å². The number of aromatic nitrogens is 2. The van der Waals surface area contributed by atoms with Crippen molar-refractivity contribution in [3.05, 3.63) is 16.3 Å². The summed E-state index contributed by atoms with van der Waals surface area (Å²) in [4.78, 5) is 17.1. The molecule has 0 bridgehead atoms. The van der Waals surface area contributed by atoms with Crippen molar-refractivity contribution in [2.24, 2.45) is 0 Å². The van der Waals surface area contributed by atoms with Gasteiger partial charge in [0.1, 0.15) is 6.20 Å². The van der Waals surface area contributed by atoms with Gasteiger partial charge in [0.15, 0.2) is 6.10 Å². The Bertz CT molecular complexity index is 481. The van der Waals surface area contributed by atoms with Gasteiger partial charge in [-0.15, -0.1) is 0 Å². The molecule has 1 aromatic rings. The van der Waals surface area contributed by atoms with Crippen molar-refractivity contribution in [1.29, 1.82) is 0 Å². The zero-order valence-electron chi connectivity index (χ0n) is 10.8. The highest BCUT2D eigenvalue weighted by atomic mass is 19.4. The Balaban J connectivity index is 3.03. The third-order valence-corrected chi connectivity index (χ3v) is 2.21. The van der Waals surface area contributed by atoms with Gasteiger partial charge in [0.25, 0.3) is 5.88 Å². The second-order valence-electron chi connectivity index (χ2n) is 3.87. The summed E-state index contributed by atoms with van der Waals surface area (Å²) >= 11 is 0. The van der Waals surface area contributed by atoms with Gasteiger partial charge >= 0.3 is 11.9 Å². The van der Waals surface area contributed by atoms with E-state index in [0.717, 1.165) is 19.5 Å². The molecule has 1 heterocycles. The number of rotatable bonds is 6. The molecule has 1 N–H and O–H groups in total. The van der Waals surface area contributed by atoms with E-state index in [4.69, 9.17) is 0 Å². The smallest absolute Gasteiger partial charge is 0.425 e. The second kappa shape index (κ2) is 6.35. The maximum absolute atomic E-state index is 12.4. The van der Waals surface area contributed by atoms with Crippen molar-refractivity contribution >= 4 is 11.6 Å². The van der Waals surface area contributed by atoms with Crippen molar-refractivity contribution < 1.29 is 22.8 Å². The molecule has 0 aromatic carbocycles. The fourth-order valence-electron chi connectivity index (χ4n) is 1.13. The number of hydrogen-bond acceptors (Lipinski definition) is 6. The van der Waals surface area contributed by atoms with Crippen molar-refractivity contribution in [1.82, 2.24) is 9.97 Å². The molecule has 0 aliphatic heterocycles. The molecular formula is C10H13F3N4O3. The van der Waals surface area contributed by atoms with Crippen LogP contribution in [-0.2, 0) is 0 Å². The molecule has 0 spiro atoms. The minimum Gasteiger partial charge on any atom is -0.460 e. The molecule has 10 heteroatoms. The van der Waals surface area contributed by atoms with Crippen LogP contribution in [0.5, 0.6) is 5.88 Å². The van der Waals surface area contributed by atoms with Crippen molar-refractivity contribution in [2.45, 2.75) is 32.5 Å².